The lowest BCUT2D eigenvalue weighted by Gasteiger charge is -2.27. The number of nitrogens with one attached hydrogen (secondary N) is 1. The molecule has 13 heavy (non-hydrogen) atoms. The number of H-pyrrole nitrogens is 1. The van der Waals surface area contributed by atoms with Crippen LogP contribution in [0, 0.1) is 16.1 Å². The summed E-state index contributed by atoms with van der Waals surface area (Å²) in [4.78, 5) is 3.00. The number of nitrogens with zero attached hydrogens (tertiary/aromatic N) is 1. The lowest BCUT2D eigenvalue weighted by Crippen LogP contribution is -2.22. The molecule has 0 aliphatic carbocycles. The lowest BCUT2D eigenvalue weighted by molar-refractivity contribution is 0.232. The molecule has 1 aromatic heterocycles. The predicted octanol–water partition coefficient (Wildman–Crippen LogP) is 3.23. The zero-order chi connectivity index (χ0) is 10.1. The first-order valence-corrected chi connectivity index (χ1v) is 5.06. The van der Waals surface area contributed by atoms with Gasteiger partial charge in [-0.05, 0) is 23.6 Å². The van der Waals surface area contributed by atoms with Gasteiger partial charge in [0.05, 0.1) is 0 Å². The molecule has 0 spiro atoms. The highest BCUT2D eigenvalue weighted by Gasteiger charge is 2.20. The number of aromatic amines is 1. The van der Waals surface area contributed by atoms with Crippen molar-refractivity contribution in [1.82, 2.24) is 9.55 Å². The smallest absolute Gasteiger partial charge is 0.177 e. The summed E-state index contributed by atoms with van der Waals surface area (Å²) >= 11 is 5.13. The molecular formula is C10H18N2S. The van der Waals surface area contributed by atoms with E-state index in [2.05, 4.69) is 37.2 Å². The van der Waals surface area contributed by atoms with Gasteiger partial charge in [-0.15, -0.1) is 0 Å². The molecule has 0 saturated carbocycles. The molecule has 1 unspecified atom stereocenters. The molecule has 74 valence electrons. The van der Waals surface area contributed by atoms with Crippen molar-refractivity contribution < 1.29 is 0 Å². The molecular weight excluding hydrogens is 180 g/mol. The maximum atomic E-state index is 5.13. The quantitative estimate of drug-likeness (QED) is 0.724. The average molecular weight is 198 g/mol. The fourth-order valence-corrected chi connectivity index (χ4v) is 1.27. The second kappa shape index (κ2) is 3.66. The van der Waals surface area contributed by atoms with Crippen LogP contribution in [0.4, 0.5) is 0 Å². The van der Waals surface area contributed by atoms with E-state index in [1.807, 2.05) is 12.4 Å². The maximum absolute atomic E-state index is 5.13. The van der Waals surface area contributed by atoms with Gasteiger partial charge in [-0.25, -0.2) is 0 Å². The van der Waals surface area contributed by atoms with E-state index in [0.29, 0.717) is 11.3 Å². The van der Waals surface area contributed by atoms with Crippen LogP contribution in [0.15, 0.2) is 12.4 Å². The monoisotopic (exact) mass is 198 g/mol. The van der Waals surface area contributed by atoms with E-state index in [1.54, 1.807) is 0 Å². The van der Waals surface area contributed by atoms with Crippen LogP contribution in [-0.2, 0) is 6.54 Å². The van der Waals surface area contributed by atoms with Crippen LogP contribution in [0.2, 0.25) is 0 Å². The van der Waals surface area contributed by atoms with E-state index in [1.165, 1.54) is 0 Å². The Balaban J connectivity index is 2.71. The van der Waals surface area contributed by atoms with Crippen molar-refractivity contribution in [3.05, 3.63) is 17.2 Å². The van der Waals surface area contributed by atoms with Crippen molar-refractivity contribution in [2.45, 2.75) is 34.2 Å². The molecule has 0 aliphatic rings. The van der Waals surface area contributed by atoms with Crippen molar-refractivity contribution >= 4 is 12.2 Å². The highest BCUT2D eigenvalue weighted by Crippen LogP contribution is 2.26. The SMILES string of the molecule is CC(Cn1cc[nH]c1=S)C(C)(C)C. The third-order valence-corrected chi connectivity index (χ3v) is 3.02. The van der Waals surface area contributed by atoms with Gasteiger partial charge >= 0.3 is 0 Å². The van der Waals surface area contributed by atoms with E-state index < -0.39 is 0 Å². The Hall–Kier alpha value is -0.570. The van der Waals surface area contributed by atoms with Gasteiger partial charge in [0.1, 0.15) is 0 Å². The Morgan fingerprint density at radius 3 is 2.54 bits per heavy atom. The van der Waals surface area contributed by atoms with Crippen LogP contribution >= 0.6 is 12.2 Å². The topological polar surface area (TPSA) is 20.7 Å². The van der Waals surface area contributed by atoms with Crippen LogP contribution in [0.25, 0.3) is 0 Å². The lowest BCUT2D eigenvalue weighted by atomic mass is 9.82. The summed E-state index contributed by atoms with van der Waals surface area (Å²) < 4.78 is 2.90. The van der Waals surface area contributed by atoms with Gasteiger partial charge in [-0.1, -0.05) is 27.7 Å². The first-order valence-electron chi connectivity index (χ1n) is 4.65. The second-order valence-electron chi connectivity index (χ2n) is 4.68. The first-order chi connectivity index (χ1) is 5.91. The summed E-state index contributed by atoms with van der Waals surface area (Å²) in [7, 11) is 0. The number of hydrogen-bond acceptors (Lipinski definition) is 1. The first kappa shape index (κ1) is 10.5. The predicted molar refractivity (Wildman–Crippen MR) is 58.2 cm³/mol. The second-order valence-corrected chi connectivity index (χ2v) is 5.07. The van der Waals surface area contributed by atoms with Crippen molar-refractivity contribution in [2.24, 2.45) is 11.3 Å². The Labute approximate surface area is 85.0 Å². The molecule has 1 N–H and O–H groups in total. The third kappa shape index (κ3) is 2.69. The minimum atomic E-state index is 0.339. The van der Waals surface area contributed by atoms with Crippen LogP contribution in [0.1, 0.15) is 27.7 Å². The minimum absolute atomic E-state index is 0.339. The zero-order valence-corrected chi connectivity index (χ0v) is 9.61. The zero-order valence-electron chi connectivity index (χ0n) is 8.79. The molecule has 0 bridgehead atoms. The van der Waals surface area contributed by atoms with Gasteiger partial charge in [0.25, 0.3) is 0 Å². The fraction of sp³-hybridized carbons (Fsp3) is 0.700. The normalized spacial score (nSPS) is 14.5. The molecule has 0 radical (unpaired) electrons. The van der Waals surface area contributed by atoms with Gasteiger partial charge in [0.2, 0.25) is 0 Å². The Bertz CT molecular complexity index is 316. The summed E-state index contributed by atoms with van der Waals surface area (Å²) in [5, 5.41) is 0. The molecule has 0 fully saturated rings. The summed E-state index contributed by atoms with van der Waals surface area (Å²) in [6.45, 7) is 10.0. The largest absolute Gasteiger partial charge is 0.337 e. The number of hydrogen-bond donors (Lipinski definition) is 1. The van der Waals surface area contributed by atoms with Gasteiger partial charge in [0, 0.05) is 18.9 Å². The van der Waals surface area contributed by atoms with E-state index in [0.717, 1.165) is 11.3 Å². The molecule has 1 atom stereocenters. The summed E-state index contributed by atoms with van der Waals surface area (Å²) in [5.74, 6) is 0.620. The van der Waals surface area contributed by atoms with Gasteiger partial charge in [-0.3, -0.25) is 0 Å². The van der Waals surface area contributed by atoms with Crippen molar-refractivity contribution in [3.63, 3.8) is 0 Å². The number of rotatable bonds is 2. The molecule has 3 heteroatoms. The summed E-state index contributed by atoms with van der Waals surface area (Å²) in [5.41, 5.74) is 0.339. The van der Waals surface area contributed by atoms with Gasteiger partial charge in [-0.2, -0.15) is 0 Å². The van der Waals surface area contributed by atoms with Crippen LogP contribution in [0.3, 0.4) is 0 Å². The highest BCUT2D eigenvalue weighted by atomic mass is 32.1. The Morgan fingerprint density at radius 2 is 2.15 bits per heavy atom. The molecule has 0 amide bonds. The minimum Gasteiger partial charge on any atom is -0.337 e. The molecule has 0 saturated heterocycles. The average Bonchev–Trinajstić information content (AvgIpc) is 2.34. The van der Waals surface area contributed by atoms with Crippen LogP contribution in [-0.4, -0.2) is 9.55 Å². The van der Waals surface area contributed by atoms with Crippen molar-refractivity contribution in [2.75, 3.05) is 0 Å². The summed E-state index contributed by atoms with van der Waals surface area (Å²) in [6, 6.07) is 0. The fourth-order valence-electron chi connectivity index (χ4n) is 1.06. The van der Waals surface area contributed by atoms with Gasteiger partial charge < -0.3 is 9.55 Å². The van der Waals surface area contributed by atoms with Crippen molar-refractivity contribution in [1.29, 1.82) is 0 Å². The number of aromatic nitrogens is 2. The summed E-state index contributed by atoms with van der Waals surface area (Å²) in [6.07, 6.45) is 3.89. The van der Waals surface area contributed by atoms with E-state index >= 15 is 0 Å². The maximum Gasteiger partial charge on any atom is 0.177 e. The molecule has 1 heterocycles. The molecule has 2 nitrogen and oxygen atoms in total. The van der Waals surface area contributed by atoms with E-state index in [4.69, 9.17) is 12.2 Å². The standard InChI is InChI=1S/C10H18N2S/c1-8(10(2,3)4)7-12-6-5-11-9(12)13/h5-6,8H,7H2,1-4H3,(H,11,13). The van der Waals surface area contributed by atoms with Gasteiger partial charge in [0.15, 0.2) is 4.77 Å². The molecule has 0 aliphatic heterocycles. The Kier molecular flexibility index (Phi) is 2.96. The van der Waals surface area contributed by atoms with Crippen LogP contribution < -0.4 is 0 Å². The molecule has 0 aromatic carbocycles. The molecule has 1 rings (SSSR count). The van der Waals surface area contributed by atoms with E-state index in [-0.39, 0.29) is 0 Å². The third-order valence-electron chi connectivity index (χ3n) is 2.67. The Morgan fingerprint density at radius 1 is 1.54 bits per heavy atom. The molecule has 1 aromatic rings. The van der Waals surface area contributed by atoms with E-state index in [9.17, 15) is 0 Å². The highest BCUT2D eigenvalue weighted by molar-refractivity contribution is 7.71. The van der Waals surface area contributed by atoms with Crippen LogP contribution in [0.5, 0.6) is 0 Å². The van der Waals surface area contributed by atoms with Crippen molar-refractivity contribution in [3.8, 4) is 0 Å². The number of imidazole rings is 1.